The van der Waals surface area contributed by atoms with Crippen LogP contribution in [0.3, 0.4) is 0 Å². The Hall–Kier alpha value is -1.25. The highest BCUT2D eigenvalue weighted by atomic mass is 16.4. The van der Waals surface area contributed by atoms with Crippen molar-refractivity contribution in [1.29, 1.82) is 0 Å². The number of aromatic carboxylic acids is 1. The van der Waals surface area contributed by atoms with E-state index in [0.717, 1.165) is 24.1 Å². The van der Waals surface area contributed by atoms with E-state index < -0.39 is 5.97 Å². The lowest BCUT2D eigenvalue weighted by Gasteiger charge is -2.26. The summed E-state index contributed by atoms with van der Waals surface area (Å²) in [4.78, 5) is 11.2. The van der Waals surface area contributed by atoms with E-state index in [0.29, 0.717) is 11.7 Å². The summed E-state index contributed by atoms with van der Waals surface area (Å²) in [6, 6.07) is 2.19. The minimum Gasteiger partial charge on any atom is -0.477 e. The first-order chi connectivity index (χ1) is 7.61. The zero-order valence-corrected chi connectivity index (χ0v) is 9.99. The molecular formula is C13H19NO2. The summed E-state index contributed by atoms with van der Waals surface area (Å²) in [5.74, 6) is -0.804. The van der Waals surface area contributed by atoms with Crippen molar-refractivity contribution in [3.8, 4) is 0 Å². The molecule has 0 radical (unpaired) electrons. The van der Waals surface area contributed by atoms with Gasteiger partial charge in [0.1, 0.15) is 5.69 Å². The molecule has 1 aliphatic carbocycles. The molecule has 1 N–H and O–H groups in total. The van der Waals surface area contributed by atoms with Gasteiger partial charge in [0.15, 0.2) is 0 Å². The van der Waals surface area contributed by atoms with E-state index in [4.69, 9.17) is 0 Å². The van der Waals surface area contributed by atoms with E-state index in [1.54, 1.807) is 6.07 Å². The molecule has 1 aromatic heterocycles. The highest BCUT2D eigenvalue weighted by Gasteiger charge is 2.23. The average Bonchev–Trinajstić information content (AvgIpc) is 2.57. The van der Waals surface area contributed by atoms with Crippen LogP contribution in [-0.2, 0) is 0 Å². The number of nitrogens with zero attached hydrogens (tertiary/aromatic N) is 1. The number of carbonyl (C=O) groups is 1. The molecule has 0 aliphatic heterocycles. The number of carboxylic acid groups (broad SMARTS) is 1. The maximum Gasteiger partial charge on any atom is 0.352 e. The highest BCUT2D eigenvalue weighted by molar-refractivity contribution is 5.86. The molecule has 0 amide bonds. The van der Waals surface area contributed by atoms with E-state index in [1.165, 1.54) is 19.3 Å². The number of hydrogen-bond donors (Lipinski definition) is 1. The van der Waals surface area contributed by atoms with Crippen LogP contribution in [0.1, 0.15) is 59.9 Å². The Balaban J connectivity index is 2.40. The zero-order valence-electron chi connectivity index (χ0n) is 9.99. The predicted octanol–water partition coefficient (Wildman–Crippen LogP) is 3.31. The SMILES string of the molecule is Cc1cc(C(=O)O)n(C2CCCCC2)c1C. The lowest BCUT2D eigenvalue weighted by Crippen LogP contribution is -2.18. The number of carboxylic acids is 1. The number of hydrogen-bond acceptors (Lipinski definition) is 1. The fraction of sp³-hybridized carbons (Fsp3) is 0.615. The summed E-state index contributed by atoms with van der Waals surface area (Å²) < 4.78 is 2.04. The van der Waals surface area contributed by atoms with Crippen molar-refractivity contribution in [1.82, 2.24) is 4.57 Å². The van der Waals surface area contributed by atoms with Gasteiger partial charge in [-0.25, -0.2) is 4.79 Å². The van der Waals surface area contributed by atoms with Gasteiger partial charge < -0.3 is 9.67 Å². The maximum atomic E-state index is 11.2. The van der Waals surface area contributed by atoms with Gasteiger partial charge in [-0.1, -0.05) is 19.3 Å². The second-order valence-corrected chi connectivity index (χ2v) is 4.76. The van der Waals surface area contributed by atoms with E-state index in [2.05, 4.69) is 0 Å². The Bertz CT molecular complexity index is 400. The Morgan fingerprint density at radius 2 is 1.94 bits per heavy atom. The van der Waals surface area contributed by atoms with Gasteiger partial charge in [-0.3, -0.25) is 0 Å². The van der Waals surface area contributed by atoms with E-state index in [-0.39, 0.29) is 0 Å². The summed E-state index contributed by atoms with van der Waals surface area (Å²) >= 11 is 0. The summed E-state index contributed by atoms with van der Waals surface area (Å²) in [5.41, 5.74) is 2.66. The Morgan fingerprint density at radius 3 is 2.50 bits per heavy atom. The molecule has 1 heterocycles. The second kappa shape index (κ2) is 4.32. The molecule has 3 heteroatoms. The third kappa shape index (κ3) is 1.86. The minimum atomic E-state index is -0.804. The van der Waals surface area contributed by atoms with Gasteiger partial charge in [0.2, 0.25) is 0 Å². The minimum absolute atomic E-state index is 0.397. The first-order valence-electron chi connectivity index (χ1n) is 6.03. The van der Waals surface area contributed by atoms with Crippen molar-refractivity contribution in [2.24, 2.45) is 0 Å². The number of aryl methyl sites for hydroxylation is 1. The molecule has 1 saturated carbocycles. The first kappa shape index (κ1) is 11.2. The summed E-state index contributed by atoms with van der Waals surface area (Å²) in [7, 11) is 0. The monoisotopic (exact) mass is 221 g/mol. The fourth-order valence-electron chi connectivity index (χ4n) is 2.72. The molecule has 3 nitrogen and oxygen atoms in total. The molecule has 0 aromatic carbocycles. The van der Waals surface area contributed by atoms with E-state index >= 15 is 0 Å². The van der Waals surface area contributed by atoms with Gasteiger partial charge in [0, 0.05) is 11.7 Å². The Kier molecular flexibility index (Phi) is 3.03. The van der Waals surface area contributed by atoms with Crippen LogP contribution in [0.25, 0.3) is 0 Å². The standard InChI is InChI=1S/C13H19NO2/c1-9-8-12(13(15)16)14(10(9)2)11-6-4-3-5-7-11/h8,11H,3-7H2,1-2H3,(H,15,16). The lowest BCUT2D eigenvalue weighted by atomic mass is 9.95. The smallest absolute Gasteiger partial charge is 0.352 e. The van der Waals surface area contributed by atoms with Crippen molar-refractivity contribution in [2.75, 3.05) is 0 Å². The van der Waals surface area contributed by atoms with Crippen LogP contribution in [0.4, 0.5) is 0 Å². The normalized spacial score (nSPS) is 17.6. The largest absolute Gasteiger partial charge is 0.477 e. The van der Waals surface area contributed by atoms with Crippen LogP contribution in [0.15, 0.2) is 6.07 Å². The van der Waals surface area contributed by atoms with Gasteiger partial charge in [-0.15, -0.1) is 0 Å². The molecule has 0 spiro atoms. The predicted molar refractivity (Wildman–Crippen MR) is 63.0 cm³/mol. The molecule has 2 rings (SSSR count). The molecule has 1 aliphatic rings. The summed E-state index contributed by atoms with van der Waals surface area (Å²) in [5, 5.41) is 9.21. The Morgan fingerprint density at radius 1 is 1.31 bits per heavy atom. The van der Waals surface area contributed by atoms with Crippen LogP contribution in [0.2, 0.25) is 0 Å². The van der Waals surface area contributed by atoms with Crippen molar-refractivity contribution < 1.29 is 9.90 Å². The molecule has 1 aromatic rings. The summed E-state index contributed by atoms with van der Waals surface area (Å²) in [6.45, 7) is 4.01. The van der Waals surface area contributed by atoms with Crippen molar-refractivity contribution in [3.05, 3.63) is 23.0 Å². The van der Waals surface area contributed by atoms with Gasteiger partial charge >= 0.3 is 5.97 Å². The molecule has 0 atom stereocenters. The third-order valence-corrected chi connectivity index (χ3v) is 3.70. The molecule has 0 bridgehead atoms. The van der Waals surface area contributed by atoms with Crippen LogP contribution >= 0.6 is 0 Å². The topological polar surface area (TPSA) is 42.2 Å². The third-order valence-electron chi connectivity index (χ3n) is 3.70. The lowest BCUT2D eigenvalue weighted by molar-refractivity contribution is 0.0680. The van der Waals surface area contributed by atoms with Crippen molar-refractivity contribution >= 4 is 5.97 Å². The number of rotatable bonds is 2. The quantitative estimate of drug-likeness (QED) is 0.832. The maximum absolute atomic E-state index is 11.2. The highest BCUT2D eigenvalue weighted by Crippen LogP contribution is 2.32. The molecule has 88 valence electrons. The molecule has 1 fully saturated rings. The fourth-order valence-corrected chi connectivity index (χ4v) is 2.72. The molecule has 16 heavy (non-hydrogen) atoms. The van der Waals surface area contributed by atoms with Crippen LogP contribution < -0.4 is 0 Å². The molecule has 0 saturated heterocycles. The van der Waals surface area contributed by atoms with Crippen LogP contribution in [-0.4, -0.2) is 15.6 Å². The average molecular weight is 221 g/mol. The first-order valence-corrected chi connectivity index (χ1v) is 6.03. The summed E-state index contributed by atoms with van der Waals surface area (Å²) in [6.07, 6.45) is 5.98. The van der Waals surface area contributed by atoms with Crippen LogP contribution in [0, 0.1) is 13.8 Å². The molecule has 0 unspecified atom stereocenters. The number of aromatic nitrogens is 1. The van der Waals surface area contributed by atoms with Gasteiger partial charge in [0.25, 0.3) is 0 Å². The van der Waals surface area contributed by atoms with Crippen molar-refractivity contribution in [3.63, 3.8) is 0 Å². The zero-order chi connectivity index (χ0) is 11.7. The van der Waals surface area contributed by atoms with E-state index in [9.17, 15) is 9.90 Å². The van der Waals surface area contributed by atoms with Gasteiger partial charge in [0.05, 0.1) is 0 Å². The Labute approximate surface area is 96.1 Å². The van der Waals surface area contributed by atoms with Gasteiger partial charge in [-0.2, -0.15) is 0 Å². The van der Waals surface area contributed by atoms with Gasteiger partial charge in [-0.05, 0) is 38.3 Å². The second-order valence-electron chi connectivity index (χ2n) is 4.76. The van der Waals surface area contributed by atoms with Crippen LogP contribution in [0.5, 0.6) is 0 Å². The molecular weight excluding hydrogens is 202 g/mol. The van der Waals surface area contributed by atoms with Crippen molar-refractivity contribution in [2.45, 2.75) is 52.0 Å². The van der Waals surface area contributed by atoms with E-state index in [1.807, 2.05) is 18.4 Å².